The van der Waals surface area contributed by atoms with Gasteiger partial charge in [0.05, 0.1) is 0 Å². The molecule has 1 rings (SSSR count). The summed E-state index contributed by atoms with van der Waals surface area (Å²) in [5.41, 5.74) is 1.05. The highest BCUT2D eigenvalue weighted by atomic mass is 16.2. The van der Waals surface area contributed by atoms with E-state index in [4.69, 9.17) is 5.11 Å². The van der Waals surface area contributed by atoms with Crippen molar-refractivity contribution in [3.8, 4) is 0 Å². The third-order valence-electron chi connectivity index (χ3n) is 1.32. The predicted octanol–water partition coefficient (Wildman–Crippen LogP) is 2.83. The van der Waals surface area contributed by atoms with Crippen LogP contribution in [0, 0.1) is 0 Å². The van der Waals surface area contributed by atoms with Gasteiger partial charge in [0, 0.05) is 18.5 Å². The lowest BCUT2D eigenvalue weighted by atomic mass is 10.2. The van der Waals surface area contributed by atoms with E-state index in [9.17, 15) is 0 Å². The van der Waals surface area contributed by atoms with E-state index < -0.39 is 0 Å². The first-order chi connectivity index (χ1) is 6.93. The Morgan fingerprint density at radius 1 is 1.29 bits per heavy atom. The van der Waals surface area contributed by atoms with Gasteiger partial charge in [-0.15, -0.1) is 13.2 Å². The zero-order valence-electron chi connectivity index (χ0n) is 9.24. The lowest BCUT2D eigenvalue weighted by molar-refractivity contribution is 0.288. The SMILES string of the molecule is C=C.CC.OCCCc1ccccn1. The molecule has 1 N–H and O–H groups in total. The van der Waals surface area contributed by atoms with Crippen molar-refractivity contribution in [2.75, 3.05) is 6.61 Å². The summed E-state index contributed by atoms with van der Waals surface area (Å²) in [4.78, 5) is 4.11. The second kappa shape index (κ2) is 14.4. The van der Waals surface area contributed by atoms with E-state index in [2.05, 4.69) is 18.1 Å². The van der Waals surface area contributed by atoms with Gasteiger partial charge in [0.1, 0.15) is 0 Å². The van der Waals surface area contributed by atoms with E-state index in [1.807, 2.05) is 32.0 Å². The third kappa shape index (κ3) is 8.94. The van der Waals surface area contributed by atoms with Gasteiger partial charge < -0.3 is 5.11 Å². The van der Waals surface area contributed by atoms with Crippen LogP contribution in [0.25, 0.3) is 0 Å². The van der Waals surface area contributed by atoms with Crippen molar-refractivity contribution in [2.24, 2.45) is 0 Å². The minimum absolute atomic E-state index is 0.247. The number of aliphatic hydroxyl groups is 1. The lowest BCUT2D eigenvalue weighted by Gasteiger charge is -1.95. The van der Waals surface area contributed by atoms with E-state index in [-0.39, 0.29) is 6.61 Å². The van der Waals surface area contributed by atoms with Crippen LogP contribution < -0.4 is 0 Å². The van der Waals surface area contributed by atoms with Gasteiger partial charge in [0.15, 0.2) is 0 Å². The number of rotatable bonds is 3. The van der Waals surface area contributed by atoms with E-state index in [1.165, 1.54) is 0 Å². The molecular weight excluding hydrogens is 174 g/mol. The molecule has 2 heteroatoms. The van der Waals surface area contributed by atoms with E-state index in [0.717, 1.165) is 18.5 Å². The fraction of sp³-hybridized carbons (Fsp3) is 0.417. The van der Waals surface area contributed by atoms with Crippen LogP contribution in [0.4, 0.5) is 0 Å². The molecule has 80 valence electrons. The highest BCUT2D eigenvalue weighted by molar-refractivity contribution is 5.03. The molecular formula is C12H21NO. The molecule has 0 unspecified atom stereocenters. The molecule has 0 spiro atoms. The normalized spacial score (nSPS) is 7.64. The highest BCUT2D eigenvalue weighted by Crippen LogP contribution is 1.96. The number of hydrogen-bond donors (Lipinski definition) is 1. The molecule has 0 aromatic carbocycles. The largest absolute Gasteiger partial charge is 0.396 e. The summed E-state index contributed by atoms with van der Waals surface area (Å²) in [5.74, 6) is 0. The Labute approximate surface area is 87.3 Å². The van der Waals surface area contributed by atoms with Crippen LogP contribution in [-0.2, 0) is 6.42 Å². The first-order valence-electron chi connectivity index (χ1n) is 4.94. The van der Waals surface area contributed by atoms with Gasteiger partial charge in [-0.2, -0.15) is 0 Å². The standard InChI is InChI=1S/C8H11NO.C2H6.C2H4/c10-7-3-5-8-4-1-2-6-9-8;2*1-2/h1-2,4,6,10H,3,5,7H2;1-2H3;1-2H2. The summed E-state index contributed by atoms with van der Waals surface area (Å²) in [7, 11) is 0. The first kappa shape index (κ1) is 15.3. The topological polar surface area (TPSA) is 33.1 Å². The summed E-state index contributed by atoms with van der Waals surface area (Å²) >= 11 is 0. The van der Waals surface area contributed by atoms with Gasteiger partial charge in [0.25, 0.3) is 0 Å². The molecule has 0 saturated heterocycles. The fourth-order valence-electron chi connectivity index (χ4n) is 0.806. The van der Waals surface area contributed by atoms with Gasteiger partial charge in [0.2, 0.25) is 0 Å². The molecule has 1 heterocycles. The van der Waals surface area contributed by atoms with Crippen LogP contribution in [0.15, 0.2) is 37.6 Å². The van der Waals surface area contributed by atoms with Crippen LogP contribution in [0.3, 0.4) is 0 Å². The van der Waals surface area contributed by atoms with Gasteiger partial charge in [-0.25, -0.2) is 0 Å². The molecule has 1 aromatic rings. The van der Waals surface area contributed by atoms with Crippen molar-refractivity contribution >= 4 is 0 Å². The summed E-state index contributed by atoms with van der Waals surface area (Å²) < 4.78 is 0. The summed E-state index contributed by atoms with van der Waals surface area (Å²) in [6.07, 6.45) is 3.45. The third-order valence-corrected chi connectivity index (χ3v) is 1.32. The Bertz CT molecular complexity index is 187. The highest BCUT2D eigenvalue weighted by Gasteiger charge is 1.89. The maximum absolute atomic E-state index is 8.50. The molecule has 0 fully saturated rings. The van der Waals surface area contributed by atoms with Crippen molar-refractivity contribution in [3.05, 3.63) is 43.2 Å². The average molecular weight is 195 g/mol. The minimum Gasteiger partial charge on any atom is -0.396 e. The van der Waals surface area contributed by atoms with E-state index in [0.29, 0.717) is 0 Å². The fourth-order valence-corrected chi connectivity index (χ4v) is 0.806. The maximum atomic E-state index is 8.50. The zero-order chi connectivity index (χ0) is 11.2. The summed E-state index contributed by atoms with van der Waals surface area (Å²) in [6.45, 7) is 10.2. The van der Waals surface area contributed by atoms with Crippen LogP contribution in [-0.4, -0.2) is 16.7 Å². The van der Waals surface area contributed by atoms with Crippen LogP contribution in [0.1, 0.15) is 26.0 Å². The number of aryl methyl sites for hydroxylation is 1. The average Bonchev–Trinajstić information content (AvgIpc) is 2.33. The van der Waals surface area contributed by atoms with Gasteiger partial charge in [-0.1, -0.05) is 19.9 Å². The Kier molecular flexibility index (Phi) is 15.7. The Morgan fingerprint density at radius 2 is 1.93 bits per heavy atom. The summed E-state index contributed by atoms with van der Waals surface area (Å²) in [5, 5.41) is 8.50. The van der Waals surface area contributed by atoms with Crippen LogP contribution in [0.2, 0.25) is 0 Å². The van der Waals surface area contributed by atoms with Gasteiger partial charge >= 0.3 is 0 Å². The molecule has 0 aliphatic heterocycles. The number of nitrogens with zero attached hydrogens (tertiary/aromatic N) is 1. The summed E-state index contributed by atoms with van der Waals surface area (Å²) in [6, 6.07) is 5.82. The van der Waals surface area contributed by atoms with Gasteiger partial charge in [-0.3, -0.25) is 4.98 Å². The molecule has 0 radical (unpaired) electrons. The maximum Gasteiger partial charge on any atom is 0.0434 e. The zero-order valence-corrected chi connectivity index (χ0v) is 9.24. The second-order valence-corrected chi connectivity index (χ2v) is 2.15. The molecule has 2 nitrogen and oxygen atoms in total. The van der Waals surface area contributed by atoms with Crippen LogP contribution >= 0.6 is 0 Å². The van der Waals surface area contributed by atoms with Crippen molar-refractivity contribution in [3.63, 3.8) is 0 Å². The smallest absolute Gasteiger partial charge is 0.0434 e. The predicted molar refractivity (Wildman–Crippen MR) is 62.2 cm³/mol. The number of pyridine rings is 1. The molecule has 0 saturated carbocycles. The van der Waals surface area contributed by atoms with Crippen LogP contribution in [0.5, 0.6) is 0 Å². The van der Waals surface area contributed by atoms with Crippen molar-refractivity contribution < 1.29 is 5.11 Å². The van der Waals surface area contributed by atoms with Crippen molar-refractivity contribution in [1.82, 2.24) is 4.98 Å². The molecule has 14 heavy (non-hydrogen) atoms. The Hall–Kier alpha value is -1.15. The number of hydrogen-bond acceptors (Lipinski definition) is 2. The number of aliphatic hydroxyl groups excluding tert-OH is 1. The minimum atomic E-state index is 0.247. The van der Waals surface area contributed by atoms with E-state index >= 15 is 0 Å². The molecule has 0 aliphatic carbocycles. The quantitative estimate of drug-likeness (QED) is 0.752. The number of aromatic nitrogens is 1. The molecule has 1 aromatic heterocycles. The second-order valence-electron chi connectivity index (χ2n) is 2.15. The molecule has 0 aliphatic rings. The molecule has 0 amide bonds. The monoisotopic (exact) mass is 195 g/mol. The molecule has 0 atom stereocenters. The Morgan fingerprint density at radius 3 is 2.36 bits per heavy atom. The van der Waals surface area contributed by atoms with Crippen molar-refractivity contribution in [2.45, 2.75) is 26.7 Å². The Balaban J connectivity index is 0. The lowest BCUT2D eigenvalue weighted by Crippen LogP contribution is -1.91. The molecule has 0 bridgehead atoms. The van der Waals surface area contributed by atoms with E-state index in [1.54, 1.807) is 6.20 Å². The first-order valence-corrected chi connectivity index (χ1v) is 4.94. The van der Waals surface area contributed by atoms with Crippen molar-refractivity contribution in [1.29, 1.82) is 0 Å². The van der Waals surface area contributed by atoms with Gasteiger partial charge in [-0.05, 0) is 25.0 Å².